The van der Waals surface area contributed by atoms with Gasteiger partial charge in [-0.1, -0.05) is 27.7 Å². The summed E-state index contributed by atoms with van der Waals surface area (Å²) in [6.07, 6.45) is 1.30. The molecule has 17 heavy (non-hydrogen) atoms. The van der Waals surface area contributed by atoms with Crippen LogP contribution in [0.4, 0.5) is 0 Å². The SMILES string of the molecule is CCOC(=O)[C@@H]1[C@H](C)[C@@H](CC)C(=O)CC1(C)C. The normalized spacial score (nSPS) is 32.3. The van der Waals surface area contributed by atoms with Gasteiger partial charge in [0.05, 0.1) is 12.5 Å². The topological polar surface area (TPSA) is 43.4 Å². The van der Waals surface area contributed by atoms with Gasteiger partial charge < -0.3 is 4.74 Å². The van der Waals surface area contributed by atoms with Gasteiger partial charge in [-0.25, -0.2) is 0 Å². The van der Waals surface area contributed by atoms with Crippen molar-refractivity contribution >= 4 is 11.8 Å². The zero-order valence-corrected chi connectivity index (χ0v) is 11.6. The highest BCUT2D eigenvalue weighted by atomic mass is 16.5. The van der Waals surface area contributed by atoms with Crippen molar-refractivity contribution in [1.82, 2.24) is 0 Å². The Morgan fingerprint density at radius 1 is 1.41 bits per heavy atom. The minimum Gasteiger partial charge on any atom is -0.466 e. The first-order chi connectivity index (χ1) is 7.85. The van der Waals surface area contributed by atoms with Gasteiger partial charge in [0.25, 0.3) is 0 Å². The highest BCUT2D eigenvalue weighted by Crippen LogP contribution is 2.46. The molecule has 0 N–H and O–H groups in total. The minimum atomic E-state index is -0.283. The highest BCUT2D eigenvalue weighted by Gasteiger charge is 2.49. The average Bonchev–Trinajstić information content (AvgIpc) is 2.15. The van der Waals surface area contributed by atoms with Crippen LogP contribution in [0.15, 0.2) is 0 Å². The van der Waals surface area contributed by atoms with Crippen LogP contribution >= 0.6 is 0 Å². The summed E-state index contributed by atoms with van der Waals surface area (Å²) in [6, 6.07) is 0. The molecule has 1 fully saturated rings. The number of Topliss-reactive ketones (excluding diaryl/α,β-unsaturated/α-hetero) is 1. The molecule has 0 aromatic rings. The van der Waals surface area contributed by atoms with E-state index in [1.165, 1.54) is 0 Å². The Morgan fingerprint density at radius 2 is 2.00 bits per heavy atom. The van der Waals surface area contributed by atoms with E-state index in [0.717, 1.165) is 6.42 Å². The predicted octanol–water partition coefficient (Wildman–Crippen LogP) is 2.83. The molecule has 1 aliphatic rings. The fourth-order valence-electron chi connectivity index (χ4n) is 3.29. The molecule has 0 radical (unpaired) electrons. The second-order valence-corrected chi connectivity index (χ2v) is 5.74. The molecule has 1 rings (SSSR count). The summed E-state index contributed by atoms with van der Waals surface area (Å²) in [5.41, 5.74) is -0.283. The van der Waals surface area contributed by atoms with Gasteiger partial charge in [-0.2, -0.15) is 0 Å². The third-order valence-electron chi connectivity index (χ3n) is 4.03. The van der Waals surface area contributed by atoms with Crippen LogP contribution in [0.1, 0.15) is 47.5 Å². The molecular weight excluding hydrogens is 216 g/mol. The first-order valence-corrected chi connectivity index (χ1v) is 6.54. The maximum absolute atomic E-state index is 12.1. The van der Waals surface area contributed by atoms with Crippen molar-refractivity contribution in [1.29, 1.82) is 0 Å². The van der Waals surface area contributed by atoms with Crippen LogP contribution in [0, 0.1) is 23.2 Å². The lowest BCUT2D eigenvalue weighted by atomic mass is 9.59. The summed E-state index contributed by atoms with van der Waals surface area (Å²) in [7, 11) is 0. The third-order valence-corrected chi connectivity index (χ3v) is 4.03. The van der Waals surface area contributed by atoms with Gasteiger partial charge >= 0.3 is 5.97 Å². The van der Waals surface area contributed by atoms with E-state index in [9.17, 15) is 9.59 Å². The number of carbonyl (C=O) groups excluding carboxylic acids is 2. The Morgan fingerprint density at radius 3 is 2.47 bits per heavy atom. The molecule has 0 spiro atoms. The van der Waals surface area contributed by atoms with Crippen molar-refractivity contribution in [2.45, 2.75) is 47.5 Å². The van der Waals surface area contributed by atoms with Crippen LogP contribution < -0.4 is 0 Å². The van der Waals surface area contributed by atoms with E-state index in [1.54, 1.807) is 0 Å². The molecular formula is C14H24O3. The number of hydrogen-bond donors (Lipinski definition) is 0. The van der Waals surface area contributed by atoms with Crippen LogP contribution in [0.3, 0.4) is 0 Å². The second kappa shape index (κ2) is 5.19. The Kier molecular flexibility index (Phi) is 4.34. The smallest absolute Gasteiger partial charge is 0.309 e. The zero-order valence-electron chi connectivity index (χ0n) is 11.6. The van der Waals surface area contributed by atoms with Crippen LogP contribution in [-0.4, -0.2) is 18.4 Å². The van der Waals surface area contributed by atoms with Crippen LogP contribution in [0.5, 0.6) is 0 Å². The van der Waals surface area contributed by atoms with E-state index in [4.69, 9.17) is 4.74 Å². The van der Waals surface area contributed by atoms with Gasteiger partial charge in [0.2, 0.25) is 0 Å². The lowest BCUT2D eigenvalue weighted by Crippen LogP contribution is -2.48. The van der Waals surface area contributed by atoms with Gasteiger partial charge in [0.15, 0.2) is 0 Å². The molecule has 3 nitrogen and oxygen atoms in total. The number of ether oxygens (including phenoxy) is 1. The van der Waals surface area contributed by atoms with Crippen molar-refractivity contribution in [3.05, 3.63) is 0 Å². The quantitative estimate of drug-likeness (QED) is 0.712. The summed E-state index contributed by atoms with van der Waals surface area (Å²) in [4.78, 5) is 24.1. The van der Waals surface area contributed by atoms with Crippen LogP contribution in [-0.2, 0) is 14.3 Å². The zero-order chi connectivity index (χ0) is 13.2. The third kappa shape index (κ3) is 2.70. The standard InChI is InChI=1S/C14H24O3/c1-6-10-9(3)12(13(16)17-7-2)14(4,5)8-11(10)15/h9-10,12H,6-8H2,1-5H3/t9-,10-,12+/m1/s1. The fourth-order valence-corrected chi connectivity index (χ4v) is 3.29. The van der Waals surface area contributed by atoms with Crippen molar-refractivity contribution < 1.29 is 14.3 Å². The molecule has 0 aromatic heterocycles. The lowest BCUT2D eigenvalue weighted by Gasteiger charge is -2.44. The number of esters is 1. The predicted molar refractivity (Wildman–Crippen MR) is 66.5 cm³/mol. The summed E-state index contributed by atoms with van der Waals surface area (Å²) >= 11 is 0. The van der Waals surface area contributed by atoms with E-state index in [0.29, 0.717) is 18.8 Å². The molecule has 98 valence electrons. The van der Waals surface area contributed by atoms with Crippen molar-refractivity contribution in [3.63, 3.8) is 0 Å². The maximum atomic E-state index is 12.1. The molecule has 3 atom stereocenters. The van der Waals surface area contributed by atoms with Gasteiger partial charge in [0, 0.05) is 12.3 Å². The average molecular weight is 240 g/mol. The molecule has 0 aliphatic heterocycles. The Hall–Kier alpha value is -0.860. The number of ketones is 1. The summed E-state index contributed by atoms with van der Waals surface area (Å²) in [6.45, 7) is 10.2. The van der Waals surface area contributed by atoms with Crippen LogP contribution in [0.2, 0.25) is 0 Å². The minimum absolute atomic E-state index is 0.0115. The summed E-state index contributed by atoms with van der Waals surface area (Å²) in [5, 5.41) is 0. The Balaban J connectivity index is 2.98. The molecule has 0 amide bonds. The van der Waals surface area contributed by atoms with E-state index >= 15 is 0 Å². The molecule has 0 aromatic carbocycles. The molecule has 0 saturated heterocycles. The molecule has 0 heterocycles. The van der Waals surface area contributed by atoms with E-state index < -0.39 is 0 Å². The fraction of sp³-hybridized carbons (Fsp3) is 0.857. The van der Waals surface area contributed by atoms with Gasteiger partial charge in [-0.15, -0.1) is 0 Å². The lowest BCUT2D eigenvalue weighted by molar-refractivity contribution is -0.161. The summed E-state index contributed by atoms with van der Waals surface area (Å²) in [5.74, 6) is 0.0827. The van der Waals surface area contributed by atoms with Gasteiger partial charge in [0.1, 0.15) is 5.78 Å². The molecule has 1 saturated carbocycles. The molecule has 1 aliphatic carbocycles. The van der Waals surface area contributed by atoms with E-state index in [2.05, 4.69) is 0 Å². The number of hydrogen-bond acceptors (Lipinski definition) is 3. The Labute approximate surface area is 104 Å². The largest absolute Gasteiger partial charge is 0.466 e. The summed E-state index contributed by atoms with van der Waals surface area (Å²) < 4.78 is 5.17. The number of carbonyl (C=O) groups is 2. The van der Waals surface area contributed by atoms with Gasteiger partial charge in [-0.3, -0.25) is 9.59 Å². The molecule has 0 unspecified atom stereocenters. The Bertz CT molecular complexity index is 307. The first kappa shape index (κ1) is 14.2. The van der Waals surface area contributed by atoms with E-state index in [-0.39, 0.29) is 29.1 Å². The molecule has 0 bridgehead atoms. The van der Waals surface area contributed by atoms with Gasteiger partial charge in [-0.05, 0) is 24.7 Å². The van der Waals surface area contributed by atoms with Crippen molar-refractivity contribution in [3.8, 4) is 0 Å². The second-order valence-electron chi connectivity index (χ2n) is 5.74. The van der Waals surface area contributed by atoms with E-state index in [1.807, 2.05) is 34.6 Å². The van der Waals surface area contributed by atoms with Crippen molar-refractivity contribution in [2.24, 2.45) is 23.2 Å². The highest BCUT2D eigenvalue weighted by molar-refractivity contribution is 5.86. The van der Waals surface area contributed by atoms with Crippen LogP contribution in [0.25, 0.3) is 0 Å². The van der Waals surface area contributed by atoms with Crippen molar-refractivity contribution in [2.75, 3.05) is 6.61 Å². The first-order valence-electron chi connectivity index (χ1n) is 6.54. The monoisotopic (exact) mass is 240 g/mol. The number of rotatable bonds is 3. The molecule has 3 heteroatoms. The maximum Gasteiger partial charge on any atom is 0.309 e.